The number of amides is 1. The molecule has 1 aromatic carbocycles. The van der Waals surface area contributed by atoms with Gasteiger partial charge in [-0.3, -0.25) is 9.48 Å². The Labute approximate surface area is 183 Å². The lowest BCUT2D eigenvalue weighted by molar-refractivity contribution is -0.120. The summed E-state index contributed by atoms with van der Waals surface area (Å²) >= 11 is 1.43. The second-order valence-electron chi connectivity index (χ2n) is 6.94. The molecule has 4 rings (SSSR count). The van der Waals surface area contributed by atoms with E-state index in [0.29, 0.717) is 12.5 Å². The number of nitrogens with two attached hydrogens (primary N) is 1. The van der Waals surface area contributed by atoms with Crippen LogP contribution in [0.1, 0.15) is 11.1 Å². The summed E-state index contributed by atoms with van der Waals surface area (Å²) in [5, 5.41) is 7.05. The quantitative estimate of drug-likeness (QED) is 0.314. The molecule has 3 heterocycles. The molecule has 4 aromatic rings. The summed E-state index contributed by atoms with van der Waals surface area (Å²) in [4.78, 5) is 24.6. The largest absolute Gasteiger partial charge is 0.369 e. The smallest absolute Gasteiger partial charge is 0.224 e. The van der Waals surface area contributed by atoms with Gasteiger partial charge in [0.2, 0.25) is 5.91 Å². The molecule has 0 aliphatic carbocycles. The molecule has 0 saturated carbocycles. The highest BCUT2D eigenvalue weighted by Gasteiger charge is 2.06. The van der Waals surface area contributed by atoms with Crippen LogP contribution in [-0.4, -0.2) is 30.6 Å². The van der Waals surface area contributed by atoms with Gasteiger partial charge in [0.1, 0.15) is 5.82 Å². The van der Waals surface area contributed by atoms with Gasteiger partial charge in [0.15, 0.2) is 5.95 Å². The number of anilines is 2. The molecule has 158 valence electrons. The molecule has 10 heteroatoms. The number of nitrogens with one attached hydrogen (secondary N) is 3. The Morgan fingerprint density at radius 3 is 2.55 bits per heavy atom. The summed E-state index contributed by atoms with van der Waals surface area (Å²) < 4.78 is 4.90. The number of nitrogen functional groups attached to an aromatic ring is 1. The molecule has 0 saturated heterocycles. The van der Waals surface area contributed by atoms with Crippen molar-refractivity contribution in [2.45, 2.75) is 17.9 Å². The van der Waals surface area contributed by atoms with Gasteiger partial charge in [0, 0.05) is 26.0 Å². The van der Waals surface area contributed by atoms with Gasteiger partial charge in [-0.25, -0.2) is 9.97 Å². The third-order valence-corrected chi connectivity index (χ3v) is 5.25. The number of benzene rings is 1. The minimum atomic E-state index is -0.0577. The minimum Gasteiger partial charge on any atom is -0.369 e. The van der Waals surface area contributed by atoms with Gasteiger partial charge in [-0.05, 0) is 34.7 Å². The van der Waals surface area contributed by atoms with Gasteiger partial charge in [-0.2, -0.15) is 5.10 Å². The van der Waals surface area contributed by atoms with E-state index in [2.05, 4.69) is 30.1 Å². The van der Waals surface area contributed by atoms with Crippen molar-refractivity contribution in [3.63, 3.8) is 0 Å². The van der Waals surface area contributed by atoms with Crippen molar-refractivity contribution in [1.82, 2.24) is 30.0 Å². The zero-order valence-electron chi connectivity index (χ0n) is 16.9. The molecule has 0 radical (unpaired) electrons. The van der Waals surface area contributed by atoms with E-state index in [1.54, 1.807) is 23.3 Å². The van der Waals surface area contributed by atoms with Crippen molar-refractivity contribution in [1.29, 1.82) is 0 Å². The number of imidazole rings is 1. The first-order valence-corrected chi connectivity index (χ1v) is 10.4. The lowest BCUT2D eigenvalue weighted by atomic mass is 10.1. The maximum Gasteiger partial charge on any atom is 0.224 e. The number of H-pyrrole nitrogens is 1. The molecule has 0 unspecified atom stereocenters. The highest BCUT2D eigenvalue weighted by Crippen LogP contribution is 2.19. The molecular weight excluding hydrogens is 412 g/mol. The second kappa shape index (κ2) is 9.35. The van der Waals surface area contributed by atoms with E-state index in [1.165, 1.54) is 11.9 Å². The molecule has 0 spiro atoms. The Kier molecular flexibility index (Phi) is 6.18. The number of hydrogen-bond donors (Lipinski definition) is 4. The fourth-order valence-electron chi connectivity index (χ4n) is 2.89. The van der Waals surface area contributed by atoms with E-state index in [-0.39, 0.29) is 12.3 Å². The van der Waals surface area contributed by atoms with Crippen LogP contribution >= 0.6 is 11.9 Å². The van der Waals surface area contributed by atoms with Crippen LogP contribution in [-0.2, 0) is 24.8 Å². The van der Waals surface area contributed by atoms with E-state index in [9.17, 15) is 4.79 Å². The Hall–Kier alpha value is -3.79. The molecule has 3 aromatic heterocycles. The summed E-state index contributed by atoms with van der Waals surface area (Å²) in [5.41, 5.74) is 9.32. The Balaban J connectivity index is 1.24. The summed E-state index contributed by atoms with van der Waals surface area (Å²) in [5.74, 6) is 1.05. The predicted molar refractivity (Wildman–Crippen MR) is 121 cm³/mol. The SMILES string of the molecule is Cn1cc(SNc2ccc(CC(=O)NCc3ccc(-c4cnc(N)[nH]4)cc3)cn2)cn1. The van der Waals surface area contributed by atoms with Gasteiger partial charge in [0.05, 0.1) is 29.4 Å². The van der Waals surface area contributed by atoms with Crippen LogP contribution in [0.15, 0.2) is 66.1 Å². The maximum atomic E-state index is 12.3. The average molecular weight is 435 g/mol. The molecular formula is C21H22N8OS. The number of carbonyl (C=O) groups excluding carboxylic acids is 1. The van der Waals surface area contributed by atoms with Gasteiger partial charge >= 0.3 is 0 Å². The third-order valence-electron chi connectivity index (χ3n) is 4.49. The standard InChI is InChI=1S/C21H22N8OS/c1-29-13-17(11-26-29)31-28-19-7-4-15(10-23-19)8-20(30)24-9-14-2-5-16(6-3-14)18-12-25-21(22)27-18/h2-7,10-13H,8-9H2,1H3,(H,23,28)(H,24,30)(H3,22,25,27). The highest BCUT2D eigenvalue weighted by molar-refractivity contribution is 8.00. The monoisotopic (exact) mass is 434 g/mol. The van der Waals surface area contributed by atoms with E-state index >= 15 is 0 Å². The normalized spacial score (nSPS) is 10.7. The van der Waals surface area contributed by atoms with Gasteiger partial charge in [-0.15, -0.1) is 0 Å². The van der Waals surface area contributed by atoms with E-state index in [1.807, 2.05) is 49.6 Å². The van der Waals surface area contributed by atoms with Crippen LogP contribution in [0.5, 0.6) is 0 Å². The lowest BCUT2D eigenvalue weighted by Gasteiger charge is -2.07. The molecule has 0 atom stereocenters. The van der Waals surface area contributed by atoms with Gasteiger partial charge in [-0.1, -0.05) is 30.3 Å². The zero-order valence-corrected chi connectivity index (χ0v) is 17.7. The average Bonchev–Trinajstić information content (AvgIpc) is 3.40. The van der Waals surface area contributed by atoms with Gasteiger partial charge < -0.3 is 20.8 Å². The Morgan fingerprint density at radius 1 is 1.10 bits per heavy atom. The number of aryl methyl sites for hydroxylation is 1. The van der Waals surface area contributed by atoms with E-state index in [0.717, 1.165) is 33.1 Å². The molecule has 9 nitrogen and oxygen atoms in total. The summed E-state index contributed by atoms with van der Waals surface area (Å²) in [6.07, 6.45) is 7.36. The third kappa shape index (κ3) is 5.64. The highest BCUT2D eigenvalue weighted by atomic mass is 32.2. The van der Waals surface area contributed by atoms with Crippen molar-refractivity contribution in [3.05, 3.63) is 72.3 Å². The number of hydrogen-bond acceptors (Lipinski definition) is 7. The number of carbonyl (C=O) groups is 1. The van der Waals surface area contributed by atoms with Crippen molar-refractivity contribution in [3.8, 4) is 11.3 Å². The second-order valence-corrected chi connectivity index (χ2v) is 7.82. The van der Waals surface area contributed by atoms with Crippen LogP contribution in [0.25, 0.3) is 11.3 Å². The number of pyridine rings is 1. The number of nitrogens with zero attached hydrogens (tertiary/aromatic N) is 4. The molecule has 5 N–H and O–H groups in total. The fraction of sp³-hybridized carbons (Fsp3) is 0.143. The topological polar surface area (TPSA) is 127 Å². The van der Waals surface area contributed by atoms with Crippen LogP contribution < -0.4 is 15.8 Å². The Bertz CT molecular complexity index is 1150. The molecule has 0 aliphatic heterocycles. The first-order valence-electron chi connectivity index (χ1n) is 9.58. The molecule has 0 bridgehead atoms. The van der Waals surface area contributed by atoms with E-state index in [4.69, 9.17) is 5.73 Å². The molecule has 0 aliphatic rings. The summed E-state index contributed by atoms with van der Waals surface area (Å²) in [6, 6.07) is 11.6. The van der Waals surface area contributed by atoms with Crippen molar-refractivity contribution >= 4 is 29.6 Å². The summed E-state index contributed by atoms with van der Waals surface area (Å²) in [7, 11) is 1.87. The molecule has 31 heavy (non-hydrogen) atoms. The van der Waals surface area contributed by atoms with Crippen LogP contribution in [0.3, 0.4) is 0 Å². The van der Waals surface area contributed by atoms with Crippen LogP contribution in [0.4, 0.5) is 11.8 Å². The van der Waals surface area contributed by atoms with Crippen LogP contribution in [0.2, 0.25) is 0 Å². The first-order chi connectivity index (χ1) is 15.0. The fourth-order valence-corrected chi connectivity index (χ4v) is 3.53. The van der Waals surface area contributed by atoms with Crippen LogP contribution in [0, 0.1) is 0 Å². The van der Waals surface area contributed by atoms with E-state index < -0.39 is 0 Å². The van der Waals surface area contributed by atoms with Gasteiger partial charge in [0.25, 0.3) is 0 Å². The summed E-state index contributed by atoms with van der Waals surface area (Å²) in [6.45, 7) is 0.457. The zero-order chi connectivity index (χ0) is 21.6. The maximum absolute atomic E-state index is 12.3. The van der Waals surface area contributed by atoms with Crippen molar-refractivity contribution < 1.29 is 4.79 Å². The number of aromatic amines is 1. The minimum absolute atomic E-state index is 0.0577. The molecule has 1 amide bonds. The predicted octanol–water partition coefficient (Wildman–Crippen LogP) is 2.77. The van der Waals surface area contributed by atoms with Crippen molar-refractivity contribution in [2.24, 2.45) is 7.05 Å². The first kappa shape index (κ1) is 20.5. The Morgan fingerprint density at radius 2 is 1.90 bits per heavy atom. The number of rotatable bonds is 8. The lowest BCUT2D eigenvalue weighted by Crippen LogP contribution is -2.24. The number of aromatic nitrogens is 5. The molecule has 0 fully saturated rings. The van der Waals surface area contributed by atoms with Crippen molar-refractivity contribution in [2.75, 3.05) is 10.5 Å².